The molecule has 6 nitrogen and oxygen atoms in total. The smallest absolute Gasteiger partial charge is 0.257 e. The Kier molecular flexibility index (Phi) is 6.99. The van der Waals surface area contributed by atoms with E-state index in [0.717, 1.165) is 29.8 Å². The van der Waals surface area contributed by atoms with Crippen molar-refractivity contribution in [1.82, 2.24) is 10.6 Å². The van der Waals surface area contributed by atoms with Gasteiger partial charge >= 0.3 is 0 Å². The minimum Gasteiger partial charge on any atom is -0.350 e. The van der Waals surface area contributed by atoms with E-state index in [0.29, 0.717) is 13.0 Å². The Labute approximate surface area is 179 Å². The van der Waals surface area contributed by atoms with Crippen LogP contribution in [0.1, 0.15) is 42.6 Å². The highest BCUT2D eigenvalue weighted by Crippen LogP contribution is 2.21. The number of nitrogens with one attached hydrogen (secondary N) is 2. The maximum atomic E-state index is 13.9. The van der Waals surface area contributed by atoms with E-state index in [1.165, 1.54) is 6.07 Å². The first-order valence-electron chi connectivity index (χ1n) is 10.2. The number of halogens is 2. The van der Waals surface area contributed by atoms with Gasteiger partial charge in [0.05, 0.1) is 0 Å². The van der Waals surface area contributed by atoms with Crippen molar-refractivity contribution in [3.63, 3.8) is 0 Å². The normalized spacial score (nSPS) is 14.6. The topological polar surface area (TPSA) is 78.5 Å². The Balaban J connectivity index is 1.62. The van der Waals surface area contributed by atoms with Gasteiger partial charge in [-0.05, 0) is 42.2 Å². The van der Waals surface area contributed by atoms with Crippen LogP contribution < -0.4 is 15.5 Å². The molecule has 0 radical (unpaired) electrons. The molecule has 3 rings (SSSR count). The summed E-state index contributed by atoms with van der Waals surface area (Å²) in [6, 6.07) is 9.47. The van der Waals surface area contributed by atoms with Gasteiger partial charge in [0.25, 0.3) is 5.91 Å². The fraction of sp³-hybridized carbons (Fsp3) is 0.348. The first-order chi connectivity index (χ1) is 14.8. The third-order valence-corrected chi connectivity index (χ3v) is 5.21. The summed E-state index contributed by atoms with van der Waals surface area (Å²) < 4.78 is 27.7. The molecule has 1 unspecified atom stereocenters. The molecule has 8 heteroatoms. The lowest BCUT2D eigenvalue weighted by Crippen LogP contribution is -2.49. The van der Waals surface area contributed by atoms with Crippen LogP contribution in [0.15, 0.2) is 42.5 Å². The third kappa shape index (κ3) is 5.25. The average molecular weight is 429 g/mol. The van der Waals surface area contributed by atoms with Gasteiger partial charge in [-0.2, -0.15) is 0 Å². The minimum absolute atomic E-state index is 0.0999. The number of nitrogens with zero attached hydrogens (tertiary/aromatic N) is 1. The molecule has 0 aromatic heterocycles. The first-order valence-corrected chi connectivity index (χ1v) is 10.2. The largest absolute Gasteiger partial charge is 0.350 e. The lowest BCUT2D eigenvalue weighted by Gasteiger charge is -2.22. The number of carbonyl (C=O) groups is 3. The van der Waals surface area contributed by atoms with Crippen molar-refractivity contribution in [2.45, 2.75) is 39.3 Å². The summed E-state index contributed by atoms with van der Waals surface area (Å²) in [5, 5.41) is 5.17. The Morgan fingerprint density at radius 3 is 2.26 bits per heavy atom. The van der Waals surface area contributed by atoms with E-state index in [2.05, 4.69) is 10.6 Å². The number of carbonyl (C=O) groups excluding carboxylic acids is 3. The van der Waals surface area contributed by atoms with Gasteiger partial charge in [0.1, 0.15) is 23.2 Å². The molecule has 1 heterocycles. The molecule has 1 aliphatic rings. The van der Waals surface area contributed by atoms with Gasteiger partial charge in [-0.1, -0.05) is 32.0 Å². The van der Waals surface area contributed by atoms with Crippen LogP contribution in [0.3, 0.4) is 0 Å². The second-order valence-electron chi connectivity index (χ2n) is 7.82. The molecular formula is C23H25F2N3O3. The number of anilines is 1. The lowest BCUT2D eigenvalue weighted by molar-refractivity contribution is -0.124. The molecule has 0 bridgehead atoms. The van der Waals surface area contributed by atoms with Gasteiger partial charge in [-0.15, -0.1) is 0 Å². The van der Waals surface area contributed by atoms with E-state index in [1.54, 1.807) is 18.7 Å². The first kappa shape index (κ1) is 22.4. The third-order valence-electron chi connectivity index (χ3n) is 5.21. The monoisotopic (exact) mass is 429 g/mol. The van der Waals surface area contributed by atoms with Crippen LogP contribution in [0, 0.1) is 17.6 Å². The fourth-order valence-corrected chi connectivity index (χ4v) is 3.48. The number of benzene rings is 2. The van der Waals surface area contributed by atoms with Crippen LogP contribution >= 0.6 is 0 Å². The highest BCUT2D eigenvalue weighted by atomic mass is 19.1. The Morgan fingerprint density at radius 2 is 1.71 bits per heavy atom. The number of rotatable bonds is 7. The second kappa shape index (κ2) is 9.68. The highest BCUT2D eigenvalue weighted by molar-refractivity contribution is 5.98. The van der Waals surface area contributed by atoms with Gasteiger partial charge in [0.15, 0.2) is 0 Å². The lowest BCUT2D eigenvalue weighted by atomic mass is 10.0. The minimum atomic E-state index is -0.989. The molecular weight excluding hydrogens is 404 g/mol. The summed E-state index contributed by atoms with van der Waals surface area (Å²) >= 11 is 0. The summed E-state index contributed by atoms with van der Waals surface area (Å²) in [5.74, 6) is -3.62. The molecule has 2 aromatic carbocycles. The van der Waals surface area contributed by atoms with Gasteiger partial charge < -0.3 is 15.5 Å². The molecule has 0 aliphatic carbocycles. The van der Waals surface area contributed by atoms with Gasteiger partial charge in [0, 0.05) is 25.2 Å². The molecule has 164 valence electrons. The predicted octanol–water partition coefficient (Wildman–Crippen LogP) is 3.16. The Morgan fingerprint density at radius 1 is 1.06 bits per heavy atom. The van der Waals surface area contributed by atoms with E-state index < -0.39 is 35.1 Å². The van der Waals surface area contributed by atoms with Crippen molar-refractivity contribution in [2.24, 2.45) is 5.92 Å². The van der Waals surface area contributed by atoms with Gasteiger partial charge in [0.2, 0.25) is 11.8 Å². The van der Waals surface area contributed by atoms with Crippen LogP contribution in [0.25, 0.3) is 0 Å². The van der Waals surface area contributed by atoms with Crippen molar-refractivity contribution in [1.29, 1.82) is 0 Å². The maximum Gasteiger partial charge on any atom is 0.257 e. The number of amides is 3. The molecule has 1 fully saturated rings. The van der Waals surface area contributed by atoms with Crippen molar-refractivity contribution in [2.75, 3.05) is 11.4 Å². The quantitative estimate of drug-likeness (QED) is 0.710. The molecule has 2 aromatic rings. The van der Waals surface area contributed by atoms with E-state index in [-0.39, 0.29) is 18.4 Å². The van der Waals surface area contributed by atoms with Crippen molar-refractivity contribution >= 4 is 23.4 Å². The zero-order valence-corrected chi connectivity index (χ0v) is 17.5. The van der Waals surface area contributed by atoms with Crippen LogP contribution in [0.4, 0.5) is 14.5 Å². The number of hydrogen-bond donors (Lipinski definition) is 2. The second-order valence-corrected chi connectivity index (χ2v) is 7.82. The molecule has 0 spiro atoms. The zero-order chi connectivity index (χ0) is 22.5. The van der Waals surface area contributed by atoms with Crippen molar-refractivity contribution in [3.05, 3.63) is 65.2 Å². The number of hydrogen-bond acceptors (Lipinski definition) is 3. The van der Waals surface area contributed by atoms with E-state index in [9.17, 15) is 23.2 Å². The Hall–Kier alpha value is -3.29. The van der Waals surface area contributed by atoms with Gasteiger partial charge in [-0.25, -0.2) is 8.78 Å². The van der Waals surface area contributed by atoms with Crippen LogP contribution in [-0.4, -0.2) is 30.3 Å². The molecule has 0 saturated carbocycles. The van der Waals surface area contributed by atoms with Gasteiger partial charge in [-0.3, -0.25) is 14.4 Å². The van der Waals surface area contributed by atoms with Crippen molar-refractivity contribution in [3.8, 4) is 0 Å². The van der Waals surface area contributed by atoms with Crippen LogP contribution in [-0.2, 0) is 16.1 Å². The maximum absolute atomic E-state index is 13.9. The molecule has 31 heavy (non-hydrogen) atoms. The SMILES string of the molecule is CC(C)C(NC(=O)c1c(F)cccc1F)C(=O)NCc1ccc(N2CCCC2=O)cc1. The van der Waals surface area contributed by atoms with Crippen molar-refractivity contribution < 1.29 is 23.2 Å². The summed E-state index contributed by atoms with van der Waals surface area (Å²) in [6.45, 7) is 4.36. The molecule has 3 amide bonds. The van der Waals surface area contributed by atoms with Crippen LogP contribution in [0.2, 0.25) is 0 Å². The molecule has 1 aliphatic heterocycles. The predicted molar refractivity (Wildman–Crippen MR) is 112 cm³/mol. The molecule has 1 atom stereocenters. The fourth-order valence-electron chi connectivity index (χ4n) is 3.48. The summed E-state index contributed by atoms with van der Waals surface area (Å²) in [7, 11) is 0. The van der Waals surface area contributed by atoms with E-state index in [4.69, 9.17) is 0 Å². The highest BCUT2D eigenvalue weighted by Gasteiger charge is 2.27. The zero-order valence-electron chi connectivity index (χ0n) is 17.5. The van der Waals surface area contributed by atoms with E-state index >= 15 is 0 Å². The Bertz CT molecular complexity index is 956. The summed E-state index contributed by atoms with van der Waals surface area (Å²) in [5.41, 5.74) is 0.919. The summed E-state index contributed by atoms with van der Waals surface area (Å²) in [4.78, 5) is 38.6. The molecule has 2 N–H and O–H groups in total. The standard InChI is InChI=1S/C23H25F2N3O3/c1-14(2)21(27-22(30)20-17(24)5-3-6-18(20)25)23(31)26-13-15-8-10-16(11-9-15)28-12-4-7-19(28)29/h3,5-6,8-11,14,21H,4,7,12-13H2,1-2H3,(H,26,31)(H,27,30). The average Bonchev–Trinajstić information content (AvgIpc) is 3.16. The summed E-state index contributed by atoms with van der Waals surface area (Å²) in [6.07, 6.45) is 1.40. The molecule has 1 saturated heterocycles. The van der Waals surface area contributed by atoms with Crippen LogP contribution in [0.5, 0.6) is 0 Å². The van der Waals surface area contributed by atoms with E-state index in [1.807, 2.05) is 24.3 Å².